The normalized spacial score (nSPS) is 13.0. The van der Waals surface area contributed by atoms with E-state index in [1.54, 1.807) is 31.4 Å². The average Bonchev–Trinajstić information content (AvgIpc) is 3.00. The predicted molar refractivity (Wildman–Crippen MR) is 166 cm³/mol. The van der Waals surface area contributed by atoms with E-state index < -0.39 is 0 Å². The van der Waals surface area contributed by atoms with Gasteiger partial charge in [0.1, 0.15) is 5.75 Å². The molecular formula is C32H30Cl2N4O3. The van der Waals surface area contributed by atoms with Gasteiger partial charge in [-0.1, -0.05) is 65.7 Å². The maximum atomic E-state index is 13.5. The van der Waals surface area contributed by atoms with Crippen molar-refractivity contribution >= 4 is 52.1 Å². The Bertz CT molecular complexity index is 1540. The second-order valence-corrected chi connectivity index (χ2v) is 10.5. The number of nitrogens with zero attached hydrogens (tertiary/aromatic N) is 2. The molecular weight excluding hydrogens is 559 g/mol. The fourth-order valence-corrected chi connectivity index (χ4v) is 5.39. The number of piperazine rings is 1. The second kappa shape index (κ2) is 13.0. The number of benzene rings is 4. The SMILES string of the molecule is COc1ccccc1N1CCN(c2ccc(NC(=O)c3ccc(Cl)cc3Cl)cc2C(=O)NCc2ccccc2)CC1. The van der Waals surface area contributed by atoms with Gasteiger partial charge >= 0.3 is 0 Å². The Morgan fingerprint density at radius 2 is 1.44 bits per heavy atom. The Morgan fingerprint density at radius 3 is 2.15 bits per heavy atom. The summed E-state index contributed by atoms with van der Waals surface area (Å²) in [5, 5.41) is 6.60. The molecule has 2 N–H and O–H groups in total. The van der Waals surface area contributed by atoms with E-state index in [0.29, 0.717) is 41.5 Å². The van der Waals surface area contributed by atoms with Gasteiger partial charge in [-0.25, -0.2) is 0 Å². The van der Waals surface area contributed by atoms with Crippen molar-refractivity contribution in [2.24, 2.45) is 0 Å². The molecule has 41 heavy (non-hydrogen) atoms. The van der Waals surface area contributed by atoms with Crippen LogP contribution >= 0.6 is 23.2 Å². The van der Waals surface area contributed by atoms with Gasteiger partial charge in [0.25, 0.3) is 11.8 Å². The summed E-state index contributed by atoms with van der Waals surface area (Å²) < 4.78 is 5.56. The zero-order valence-corrected chi connectivity index (χ0v) is 24.1. The van der Waals surface area contributed by atoms with Crippen LogP contribution in [0.25, 0.3) is 0 Å². The molecule has 7 nitrogen and oxygen atoms in total. The summed E-state index contributed by atoms with van der Waals surface area (Å²) in [5.41, 5.74) is 4.11. The van der Waals surface area contributed by atoms with Gasteiger partial charge in [-0.05, 0) is 54.1 Å². The number of carbonyl (C=O) groups excluding carboxylic acids is 2. The van der Waals surface area contributed by atoms with E-state index in [9.17, 15) is 9.59 Å². The van der Waals surface area contributed by atoms with Crippen molar-refractivity contribution in [1.29, 1.82) is 0 Å². The van der Waals surface area contributed by atoms with Crippen molar-refractivity contribution in [3.05, 3.63) is 118 Å². The minimum Gasteiger partial charge on any atom is -0.495 e. The summed E-state index contributed by atoms with van der Waals surface area (Å²) in [4.78, 5) is 31.0. The molecule has 1 fully saturated rings. The molecule has 0 spiro atoms. The van der Waals surface area contributed by atoms with Crippen LogP contribution in [0.15, 0.2) is 91.0 Å². The number of methoxy groups -OCH3 is 1. The molecule has 9 heteroatoms. The van der Waals surface area contributed by atoms with Crippen LogP contribution in [-0.4, -0.2) is 45.1 Å². The molecule has 0 saturated carbocycles. The summed E-state index contributed by atoms with van der Waals surface area (Å²) in [6.07, 6.45) is 0. The monoisotopic (exact) mass is 588 g/mol. The predicted octanol–water partition coefficient (Wildman–Crippen LogP) is 6.51. The van der Waals surface area contributed by atoms with Gasteiger partial charge < -0.3 is 25.2 Å². The van der Waals surface area contributed by atoms with Crippen molar-refractivity contribution in [2.75, 3.05) is 48.4 Å². The third-order valence-electron chi connectivity index (χ3n) is 7.02. The molecule has 5 rings (SSSR count). The Balaban J connectivity index is 1.37. The van der Waals surface area contributed by atoms with Crippen molar-refractivity contribution < 1.29 is 14.3 Å². The van der Waals surface area contributed by atoms with Crippen LogP contribution in [0, 0.1) is 0 Å². The van der Waals surface area contributed by atoms with Gasteiger partial charge in [0, 0.05) is 49.1 Å². The van der Waals surface area contributed by atoms with Gasteiger partial charge in [-0.2, -0.15) is 0 Å². The number of amides is 2. The summed E-state index contributed by atoms with van der Waals surface area (Å²) >= 11 is 12.2. The van der Waals surface area contributed by atoms with Crippen LogP contribution < -0.4 is 25.2 Å². The molecule has 0 bridgehead atoms. The fourth-order valence-electron chi connectivity index (χ4n) is 4.90. The van der Waals surface area contributed by atoms with E-state index in [2.05, 4.69) is 26.5 Å². The lowest BCUT2D eigenvalue weighted by molar-refractivity contribution is 0.0950. The van der Waals surface area contributed by atoms with E-state index in [1.165, 1.54) is 6.07 Å². The fraction of sp³-hybridized carbons (Fsp3) is 0.188. The van der Waals surface area contributed by atoms with Crippen LogP contribution in [0.1, 0.15) is 26.3 Å². The van der Waals surface area contributed by atoms with Crippen LogP contribution in [0.3, 0.4) is 0 Å². The minimum absolute atomic E-state index is 0.225. The summed E-state index contributed by atoms with van der Waals surface area (Å²) in [6.45, 7) is 3.34. The largest absolute Gasteiger partial charge is 0.495 e. The van der Waals surface area contributed by atoms with Gasteiger partial charge in [0.05, 0.1) is 28.9 Å². The lowest BCUT2D eigenvalue weighted by Gasteiger charge is -2.38. The quantitative estimate of drug-likeness (QED) is 0.245. The van der Waals surface area contributed by atoms with E-state index in [0.717, 1.165) is 35.8 Å². The van der Waals surface area contributed by atoms with Gasteiger partial charge in [0.2, 0.25) is 0 Å². The average molecular weight is 590 g/mol. The first-order valence-electron chi connectivity index (χ1n) is 13.3. The number of rotatable bonds is 8. The lowest BCUT2D eigenvalue weighted by atomic mass is 10.1. The molecule has 4 aromatic carbocycles. The van der Waals surface area contributed by atoms with Gasteiger partial charge in [-0.3, -0.25) is 9.59 Å². The summed E-state index contributed by atoms with van der Waals surface area (Å²) in [7, 11) is 1.68. The maximum absolute atomic E-state index is 13.5. The number of para-hydroxylation sites is 2. The van der Waals surface area contributed by atoms with Gasteiger partial charge in [-0.15, -0.1) is 0 Å². The van der Waals surface area contributed by atoms with Crippen molar-refractivity contribution in [1.82, 2.24) is 5.32 Å². The number of hydrogen-bond acceptors (Lipinski definition) is 5. The molecule has 0 aromatic heterocycles. The van der Waals surface area contributed by atoms with Crippen LogP contribution in [-0.2, 0) is 6.54 Å². The Morgan fingerprint density at radius 1 is 0.756 bits per heavy atom. The van der Waals surface area contributed by atoms with Crippen molar-refractivity contribution in [3.63, 3.8) is 0 Å². The first-order chi connectivity index (χ1) is 19.9. The molecule has 0 aliphatic carbocycles. The molecule has 210 valence electrons. The highest BCUT2D eigenvalue weighted by Gasteiger charge is 2.24. The zero-order valence-electron chi connectivity index (χ0n) is 22.6. The molecule has 0 unspecified atom stereocenters. The molecule has 1 aliphatic heterocycles. The third kappa shape index (κ3) is 6.76. The molecule has 4 aromatic rings. The number of hydrogen-bond donors (Lipinski definition) is 2. The minimum atomic E-state index is -0.388. The number of anilines is 3. The van der Waals surface area contributed by atoms with E-state index in [1.807, 2.05) is 54.6 Å². The number of ether oxygens (including phenoxy) is 1. The third-order valence-corrected chi connectivity index (χ3v) is 7.56. The van der Waals surface area contributed by atoms with E-state index >= 15 is 0 Å². The summed E-state index contributed by atoms with van der Waals surface area (Å²) in [6, 6.07) is 27.8. The van der Waals surface area contributed by atoms with Crippen LogP contribution in [0.4, 0.5) is 17.1 Å². The second-order valence-electron chi connectivity index (χ2n) is 9.62. The number of nitrogens with one attached hydrogen (secondary N) is 2. The topological polar surface area (TPSA) is 73.9 Å². The molecule has 2 amide bonds. The highest BCUT2D eigenvalue weighted by Crippen LogP contribution is 2.31. The highest BCUT2D eigenvalue weighted by molar-refractivity contribution is 6.37. The standard InChI is InChI=1S/C32H30Cl2N4O3/c1-41-30-10-6-5-9-29(30)38-17-15-37(16-18-38)28-14-12-24(36-32(40)25-13-11-23(33)19-27(25)34)20-26(28)31(39)35-21-22-7-3-2-4-8-22/h2-14,19-20H,15-18,21H2,1H3,(H,35,39)(H,36,40). The van der Waals surface area contributed by atoms with Gasteiger partial charge in [0.15, 0.2) is 0 Å². The zero-order chi connectivity index (χ0) is 28.8. The Labute approximate surface area is 249 Å². The van der Waals surface area contributed by atoms with Crippen LogP contribution in [0.2, 0.25) is 10.0 Å². The molecule has 0 atom stereocenters. The molecule has 1 heterocycles. The molecule has 1 saturated heterocycles. The Kier molecular flexibility index (Phi) is 8.97. The summed E-state index contributed by atoms with van der Waals surface area (Å²) in [5.74, 6) is 0.222. The Hall–Kier alpha value is -4.20. The maximum Gasteiger partial charge on any atom is 0.257 e. The molecule has 0 radical (unpaired) electrons. The molecule has 1 aliphatic rings. The highest BCUT2D eigenvalue weighted by atomic mass is 35.5. The number of halogens is 2. The number of carbonyl (C=O) groups is 2. The van der Waals surface area contributed by atoms with E-state index in [-0.39, 0.29) is 16.8 Å². The van der Waals surface area contributed by atoms with E-state index in [4.69, 9.17) is 27.9 Å². The smallest absolute Gasteiger partial charge is 0.257 e. The lowest BCUT2D eigenvalue weighted by Crippen LogP contribution is -2.47. The van der Waals surface area contributed by atoms with Crippen molar-refractivity contribution in [2.45, 2.75) is 6.54 Å². The first-order valence-corrected chi connectivity index (χ1v) is 14.0. The van der Waals surface area contributed by atoms with Crippen molar-refractivity contribution in [3.8, 4) is 5.75 Å². The van der Waals surface area contributed by atoms with Crippen LogP contribution in [0.5, 0.6) is 5.75 Å². The first kappa shape index (κ1) is 28.3.